The van der Waals surface area contributed by atoms with Crippen molar-refractivity contribution in [3.05, 3.63) is 45.4 Å². The van der Waals surface area contributed by atoms with Gasteiger partial charge in [0.25, 0.3) is 5.91 Å². The number of rotatable bonds is 6. The van der Waals surface area contributed by atoms with E-state index in [0.717, 1.165) is 4.47 Å². The zero-order valence-electron chi connectivity index (χ0n) is 11.1. The number of hydrogen-bond donors (Lipinski definition) is 0. The second kappa shape index (κ2) is 8.21. The van der Waals surface area contributed by atoms with Gasteiger partial charge in [0.15, 0.2) is 0 Å². The smallest absolute Gasteiger partial charge is 0.325 e. The molecule has 0 heterocycles. The quantitative estimate of drug-likeness (QED) is 0.539. The van der Waals surface area contributed by atoms with E-state index >= 15 is 0 Å². The number of ether oxygens (including phenoxy) is 1. The largest absolute Gasteiger partial charge is 0.465 e. The molecule has 0 aromatic heterocycles. The topological polar surface area (TPSA) is 46.6 Å². The molecule has 0 aliphatic rings. The molecule has 108 valence electrons. The molecule has 0 saturated carbocycles. The lowest BCUT2D eigenvalue weighted by atomic mass is 10.2. The molecule has 0 bridgehead atoms. The Morgan fingerprint density at radius 1 is 1.40 bits per heavy atom. The highest BCUT2D eigenvalue weighted by atomic mass is 79.9. The lowest BCUT2D eigenvalue weighted by Crippen LogP contribution is -2.36. The summed E-state index contributed by atoms with van der Waals surface area (Å²) in [6.45, 7) is 5.79. The van der Waals surface area contributed by atoms with E-state index < -0.39 is 5.97 Å². The van der Waals surface area contributed by atoms with Crippen LogP contribution in [0.3, 0.4) is 0 Å². The minimum absolute atomic E-state index is 0.0996. The summed E-state index contributed by atoms with van der Waals surface area (Å²) in [4.78, 5) is 25.4. The number of hydrogen-bond acceptors (Lipinski definition) is 3. The van der Waals surface area contributed by atoms with Gasteiger partial charge in [-0.2, -0.15) is 0 Å². The van der Waals surface area contributed by atoms with Crippen LogP contribution in [0, 0.1) is 0 Å². The van der Waals surface area contributed by atoms with Crippen molar-refractivity contribution in [3.63, 3.8) is 0 Å². The molecule has 0 atom stereocenters. The van der Waals surface area contributed by atoms with Crippen LogP contribution in [0.4, 0.5) is 0 Å². The Labute approximate surface area is 135 Å². The standard InChI is InChI=1S/C14H15Br2NO3/c1-3-7-17(9-13(18)20-4-2)14(19)11-8-10(15)5-6-12(11)16/h3,5-6,8H,1,4,7,9H2,2H3. The van der Waals surface area contributed by atoms with Gasteiger partial charge in [0.1, 0.15) is 6.54 Å². The molecule has 4 nitrogen and oxygen atoms in total. The van der Waals surface area contributed by atoms with Crippen LogP contribution in [-0.4, -0.2) is 36.5 Å². The summed E-state index contributed by atoms with van der Waals surface area (Å²) in [5.74, 6) is -0.694. The van der Waals surface area contributed by atoms with Gasteiger partial charge in [0.2, 0.25) is 0 Å². The molecule has 0 fully saturated rings. The first-order chi connectivity index (χ1) is 9.49. The molecule has 0 spiro atoms. The molecule has 0 N–H and O–H groups in total. The van der Waals surface area contributed by atoms with E-state index in [-0.39, 0.29) is 25.6 Å². The van der Waals surface area contributed by atoms with Crippen LogP contribution >= 0.6 is 31.9 Å². The summed E-state index contributed by atoms with van der Waals surface area (Å²) >= 11 is 6.66. The minimum atomic E-state index is -0.436. The van der Waals surface area contributed by atoms with Gasteiger partial charge in [0.05, 0.1) is 12.2 Å². The van der Waals surface area contributed by atoms with Crippen molar-refractivity contribution in [2.75, 3.05) is 19.7 Å². The number of benzene rings is 1. The zero-order valence-corrected chi connectivity index (χ0v) is 14.2. The van der Waals surface area contributed by atoms with Crippen LogP contribution in [-0.2, 0) is 9.53 Å². The second-order valence-corrected chi connectivity index (χ2v) is 5.67. The molecule has 1 rings (SSSR count). The Morgan fingerprint density at radius 3 is 2.70 bits per heavy atom. The monoisotopic (exact) mass is 403 g/mol. The van der Waals surface area contributed by atoms with Gasteiger partial charge in [-0.05, 0) is 41.1 Å². The van der Waals surface area contributed by atoms with Gasteiger partial charge >= 0.3 is 5.97 Å². The van der Waals surface area contributed by atoms with Crippen molar-refractivity contribution in [2.45, 2.75) is 6.92 Å². The van der Waals surface area contributed by atoms with Gasteiger partial charge in [-0.3, -0.25) is 9.59 Å². The fourth-order valence-electron chi connectivity index (χ4n) is 1.57. The van der Waals surface area contributed by atoms with E-state index in [1.54, 1.807) is 25.1 Å². The third-order valence-electron chi connectivity index (χ3n) is 2.42. The fourth-order valence-corrected chi connectivity index (χ4v) is 2.35. The zero-order chi connectivity index (χ0) is 15.1. The summed E-state index contributed by atoms with van der Waals surface area (Å²) in [7, 11) is 0. The predicted octanol–water partition coefficient (Wildman–Crippen LogP) is 3.40. The van der Waals surface area contributed by atoms with Gasteiger partial charge in [-0.15, -0.1) is 6.58 Å². The van der Waals surface area contributed by atoms with E-state index in [0.29, 0.717) is 10.0 Å². The van der Waals surface area contributed by atoms with Crippen LogP contribution in [0.15, 0.2) is 39.8 Å². The maximum atomic E-state index is 12.5. The van der Waals surface area contributed by atoms with E-state index in [1.165, 1.54) is 4.90 Å². The Kier molecular flexibility index (Phi) is 6.95. The Bertz CT molecular complexity index is 517. The van der Waals surface area contributed by atoms with Gasteiger partial charge in [-0.25, -0.2) is 0 Å². The number of carbonyl (C=O) groups is 2. The average molecular weight is 405 g/mol. The summed E-state index contributed by atoms with van der Waals surface area (Å²) in [5.41, 5.74) is 0.477. The van der Waals surface area contributed by atoms with Gasteiger partial charge in [0, 0.05) is 15.5 Å². The molecule has 6 heteroatoms. The number of halogens is 2. The van der Waals surface area contributed by atoms with Crippen LogP contribution in [0.5, 0.6) is 0 Å². The maximum absolute atomic E-state index is 12.5. The van der Waals surface area contributed by atoms with Gasteiger partial charge in [-0.1, -0.05) is 22.0 Å². The molecule has 0 aliphatic heterocycles. The van der Waals surface area contributed by atoms with Crippen LogP contribution < -0.4 is 0 Å². The lowest BCUT2D eigenvalue weighted by molar-refractivity contribution is -0.143. The first-order valence-electron chi connectivity index (χ1n) is 6.00. The van der Waals surface area contributed by atoms with E-state index in [1.807, 2.05) is 6.07 Å². The highest BCUT2D eigenvalue weighted by Gasteiger charge is 2.20. The summed E-state index contributed by atoms with van der Waals surface area (Å²) < 4.78 is 6.33. The van der Waals surface area contributed by atoms with Crippen molar-refractivity contribution in [1.29, 1.82) is 0 Å². The molecule has 1 aromatic rings. The van der Waals surface area contributed by atoms with Gasteiger partial charge < -0.3 is 9.64 Å². The van der Waals surface area contributed by atoms with Crippen LogP contribution in [0.25, 0.3) is 0 Å². The van der Waals surface area contributed by atoms with Crippen molar-refractivity contribution in [2.24, 2.45) is 0 Å². The van der Waals surface area contributed by atoms with Crippen molar-refractivity contribution in [1.82, 2.24) is 4.90 Å². The first kappa shape index (κ1) is 16.9. The van der Waals surface area contributed by atoms with E-state index in [2.05, 4.69) is 38.4 Å². The second-order valence-electron chi connectivity index (χ2n) is 3.90. The lowest BCUT2D eigenvalue weighted by Gasteiger charge is -2.20. The Morgan fingerprint density at radius 2 is 2.10 bits per heavy atom. The molecular weight excluding hydrogens is 390 g/mol. The molecule has 20 heavy (non-hydrogen) atoms. The SMILES string of the molecule is C=CCN(CC(=O)OCC)C(=O)c1cc(Br)ccc1Br. The Balaban J connectivity index is 2.95. The fraction of sp³-hybridized carbons (Fsp3) is 0.286. The first-order valence-corrected chi connectivity index (χ1v) is 7.59. The summed E-state index contributed by atoms with van der Waals surface area (Å²) in [6.07, 6.45) is 1.57. The third-order valence-corrected chi connectivity index (χ3v) is 3.61. The predicted molar refractivity (Wildman–Crippen MR) is 84.6 cm³/mol. The maximum Gasteiger partial charge on any atom is 0.325 e. The average Bonchev–Trinajstić information content (AvgIpc) is 2.40. The number of carbonyl (C=O) groups excluding carboxylic acids is 2. The number of esters is 1. The molecule has 0 saturated heterocycles. The Hall–Kier alpha value is -1.14. The third kappa shape index (κ3) is 4.76. The summed E-state index contributed by atoms with van der Waals surface area (Å²) in [5, 5.41) is 0. The van der Waals surface area contributed by atoms with Crippen LogP contribution in [0.1, 0.15) is 17.3 Å². The molecule has 0 aliphatic carbocycles. The summed E-state index contributed by atoms with van der Waals surface area (Å²) in [6, 6.07) is 5.30. The normalized spacial score (nSPS) is 9.95. The molecule has 1 aromatic carbocycles. The number of amides is 1. The van der Waals surface area contributed by atoms with E-state index in [4.69, 9.17) is 4.74 Å². The van der Waals surface area contributed by atoms with Crippen molar-refractivity contribution >= 4 is 43.7 Å². The van der Waals surface area contributed by atoms with E-state index in [9.17, 15) is 9.59 Å². The molecular formula is C14H15Br2NO3. The highest BCUT2D eigenvalue weighted by Crippen LogP contribution is 2.23. The van der Waals surface area contributed by atoms with Crippen molar-refractivity contribution in [3.8, 4) is 0 Å². The molecule has 0 radical (unpaired) electrons. The minimum Gasteiger partial charge on any atom is -0.465 e. The highest BCUT2D eigenvalue weighted by molar-refractivity contribution is 9.11. The van der Waals surface area contributed by atoms with Crippen LogP contribution in [0.2, 0.25) is 0 Å². The molecule has 0 unspecified atom stereocenters. The number of nitrogens with zero attached hydrogens (tertiary/aromatic N) is 1. The molecule has 1 amide bonds. The van der Waals surface area contributed by atoms with Crippen molar-refractivity contribution < 1.29 is 14.3 Å².